The summed E-state index contributed by atoms with van der Waals surface area (Å²) in [5, 5.41) is 0. The Labute approximate surface area is 75.4 Å². The lowest BCUT2D eigenvalue weighted by Crippen LogP contribution is -2.46. The average Bonchev–Trinajstić information content (AvgIpc) is 1.77. The molecular weight excluding hydrogens is 217 g/mol. The van der Waals surface area contributed by atoms with E-state index in [0.717, 1.165) is 0 Å². The fourth-order valence-corrected chi connectivity index (χ4v) is 1.46. The van der Waals surface area contributed by atoms with E-state index in [1.54, 1.807) is 0 Å². The number of hydrogen-bond donors (Lipinski definition) is 0. The van der Waals surface area contributed by atoms with Gasteiger partial charge in [-0.1, -0.05) is 11.6 Å². The Hall–Kier alpha value is 0.0725. The third-order valence-electron chi connectivity index (χ3n) is 1.00. The van der Waals surface area contributed by atoms with Crippen molar-refractivity contribution in [1.82, 2.24) is 0 Å². The summed E-state index contributed by atoms with van der Waals surface area (Å²) in [4.78, 5) is 0. The van der Waals surface area contributed by atoms with E-state index in [1.807, 2.05) is 0 Å². The summed E-state index contributed by atoms with van der Waals surface area (Å²) in [6.45, 7) is 0. The lowest BCUT2D eigenvalue weighted by Gasteiger charge is -2.25. The van der Waals surface area contributed by atoms with E-state index >= 15 is 0 Å². The second kappa shape index (κ2) is 4.07. The first kappa shape index (κ1) is 13.1. The molecular formula is C5H7AlF6O. The van der Waals surface area contributed by atoms with Crippen molar-refractivity contribution in [2.45, 2.75) is 30.0 Å². The summed E-state index contributed by atoms with van der Waals surface area (Å²) in [5.74, 6) is 2.48. The first-order valence-corrected chi connectivity index (χ1v) is 6.12. The van der Waals surface area contributed by atoms with Crippen molar-refractivity contribution in [2.24, 2.45) is 0 Å². The number of hydrogen-bond acceptors (Lipinski definition) is 1. The molecule has 0 aliphatic rings. The molecule has 0 aliphatic carbocycles. The van der Waals surface area contributed by atoms with Gasteiger partial charge in [-0.3, -0.25) is 0 Å². The SMILES string of the molecule is [CH3][Al]([CH3])[O]C(C(F)(F)F)C(F)(F)F. The van der Waals surface area contributed by atoms with Gasteiger partial charge in [-0.2, -0.15) is 26.3 Å². The van der Waals surface area contributed by atoms with Gasteiger partial charge in [-0.15, -0.1) is 0 Å². The maximum atomic E-state index is 11.8. The molecule has 0 aromatic heterocycles. The van der Waals surface area contributed by atoms with E-state index < -0.39 is 32.9 Å². The van der Waals surface area contributed by atoms with Gasteiger partial charge in [-0.25, -0.2) is 0 Å². The molecule has 0 atom stereocenters. The molecule has 0 heterocycles. The van der Waals surface area contributed by atoms with Gasteiger partial charge in [0, 0.05) is 0 Å². The Balaban J connectivity index is 4.58. The Bertz CT molecular complexity index is 147. The molecule has 0 rings (SSSR count). The van der Waals surface area contributed by atoms with Crippen molar-refractivity contribution < 1.29 is 30.1 Å². The highest BCUT2D eigenvalue weighted by molar-refractivity contribution is 6.48. The normalized spacial score (nSPS) is 13.6. The van der Waals surface area contributed by atoms with E-state index in [9.17, 15) is 26.3 Å². The Morgan fingerprint density at radius 3 is 1.31 bits per heavy atom. The Morgan fingerprint density at radius 2 is 1.23 bits per heavy atom. The van der Waals surface area contributed by atoms with Gasteiger partial charge in [0.25, 0.3) is 0 Å². The minimum Gasteiger partial charge on any atom is -0.485 e. The Morgan fingerprint density at radius 1 is 0.923 bits per heavy atom. The van der Waals surface area contributed by atoms with Gasteiger partial charge in [0.1, 0.15) is 0 Å². The summed E-state index contributed by atoms with van der Waals surface area (Å²) in [5.41, 5.74) is 0. The van der Waals surface area contributed by atoms with Gasteiger partial charge < -0.3 is 3.79 Å². The molecule has 0 N–H and O–H groups in total. The van der Waals surface area contributed by atoms with Crippen LogP contribution >= 0.6 is 0 Å². The molecule has 1 nitrogen and oxygen atoms in total. The van der Waals surface area contributed by atoms with Crippen LogP contribution in [0.2, 0.25) is 11.6 Å². The van der Waals surface area contributed by atoms with Crippen molar-refractivity contribution in [3.05, 3.63) is 0 Å². The van der Waals surface area contributed by atoms with Crippen LogP contribution in [-0.2, 0) is 3.79 Å². The third kappa shape index (κ3) is 4.74. The molecule has 0 saturated heterocycles. The molecule has 0 aromatic rings. The molecule has 0 aliphatic heterocycles. The number of halogens is 6. The van der Waals surface area contributed by atoms with Crippen LogP contribution in [0, 0.1) is 0 Å². The summed E-state index contributed by atoms with van der Waals surface area (Å²) >= 11 is -2.37. The van der Waals surface area contributed by atoms with Crippen LogP contribution in [0.15, 0.2) is 0 Å². The van der Waals surface area contributed by atoms with Crippen LogP contribution in [0.1, 0.15) is 0 Å². The lowest BCUT2D eigenvalue weighted by molar-refractivity contribution is -0.301. The van der Waals surface area contributed by atoms with E-state index in [4.69, 9.17) is 0 Å². The fraction of sp³-hybridized carbons (Fsp3) is 1.00. The molecule has 0 fully saturated rings. The molecule has 13 heavy (non-hydrogen) atoms. The standard InChI is InChI=1S/C3HF6O.2CH3.Al/c4-2(5,6)1(10)3(7,8)9;;;/h1H;2*1H3;/q-1;;;+1. The summed E-state index contributed by atoms with van der Waals surface area (Å²) in [6.07, 6.45) is -14.4. The van der Waals surface area contributed by atoms with Crippen molar-refractivity contribution in [3.8, 4) is 0 Å². The van der Waals surface area contributed by atoms with Gasteiger partial charge in [-0.05, 0) is 0 Å². The number of rotatable bonds is 2. The van der Waals surface area contributed by atoms with E-state index in [1.165, 1.54) is 11.6 Å². The zero-order valence-electron chi connectivity index (χ0n) is 6.83. The van der Waals surface area contributed by atoms with Gasteiger partial charge in [0.2, 0.25) is 6.10 Å². The second-order valence-electron chi connectivity index (χ2n) is 2.65. The van der Waals surface area contributed by atoms with E-state index in [0.29, 0.717) is 0 Å². The molecule has 0 bridgehead atoms. The second-order valence-corrected chi connectivity index (χ2v) is 5.02. The molecule has 0 saturated carbocycles. The molecule has 0 unspecified atom stereocenters. The smallest absolute Gasteiger partial charge is 0.454 e. The monoisotopic (exact) mass is 224 g/mol. The van der Waals surface area contributed by atoms with Gasteiger partial charge in [0.05, 0.1) is 0 Å². The minimum absolute atomic E-state index is 1.24. The highest BCUT2D eigenvalue weighted by atomic mass is 27.2. The first-order valence-electron chi connectivity index (χ1n) is 3.34. The maximum absolute atomic E-state index is 11.8. The third-order valence-corrected chi connectivity index (χ3v) is 1.82. The topological polar surface area (TPSA) is 9.23 Å². The van der Waals surface area contributed by atoms with E-state index in [-0.39, 0.29) is 0 Å². The van der Waals surface area contributed by atoms with Crippen LogP contribution in [0.4, 0.5) is 26.3 Å². The van der Waals surface area contributed by atoms with Crippen molar-refractivity contribution in [3.63, 3.8) is 0 Å². The van der Waals surface area contributed by atoms with Crippen molar-refractivity contribution >= 4 is 14.5 Å². The summed E-state index contributed by atoms with van der Waals surface area (Å²) < 4.78 is 74.4. The molecule has 78 valence electrons. The van der Waals surface area contributed by atoms with Crippen molar-refractivity contribution in [2.75, 3.05) is 0 Å². The predicted molar refractivity (Wildman–Crippen MR) is 34.5 cm³/mol. The Kier molecular flexibility index (Phi) is 4.09. The predicted octanol–water partition coefficient (Wildman–Crippen LogP) is 2.75. The van der Waals surface area contributed by atoms with E-state index in [2.05, 4.69) is 3.79 Å². The minimum atomic E-state index is -5.38. The quantitative estimate of drug-likeness (QED) is 0.517. The summed E-state index contributed by atoms with van der Waals surface area (Å²) in [6, 6.07) is 0. The average molecular weight is 224 g/mol. The van der Waals surface area contributed by atoms with Gasteiger partial charge in [0.15, 0.2) is 0 Å². The first-order chi connectivity index (χ1) is 5.55. The highest BCUT2D eigenvalue weighted by Gasteiger charge is 2.57. The highest BCUT2D eigenvalue weighted by Crippen LogP contribution is 2.35. The lowest BCUT2D eigenvalue weighted by atomic mass is 10.3. The maximum Gasteiger partial charge on any atom is 0.454 e. The fourth-order valence-electron chi connectivity index (χ4n) is 0.612. The van der Waals surface area contributed by atoms with Crippen LogP contribution in [0.5, 0.6) is 0 Å². The van der Waals surface area contributed by atoms with Crippen LogP contribution in [-0.4, -0.2) is 32.9 Å². The van der Waals surface area contributed by atoms with Gasteiger partial charge >= 0.3 is 26.8 Å². The van der Waals surface area contributed by atoms with Crippen LogP contribution in [0.3, 0.4) is 0 Å². The molecule has 0 amide bonds. The molecule has 0 spiro atoms. The number of alkyl halides is 6. The summed E-state index contributed by atoms with van der Waals surface area (Å²) in [7, 11) is 0. The van der Waals surface area contributed by atoms with Crippen molar-refractivity contribution in [1.29, 1.82) is 0 Å². The zero-order chi connectivity index (χ0) is 10.9. The van der Waals surface area contributed by atoms with Crippen LogP contribution < -0.4 is 0 Å². The zero-order valence-corrected chi connectivity index (χ0v) is 7.99. The molecule has 8 heteroatoms. The largest absolute Gasteiger partial charge is 0.485 e. The van der Waals surface area contributed by atoms with Crippen LogP contribution in [0.25, 0.3) is 0 Å². The molecule has 0 aromatic carbocycles. The molecule has 0 radical (unpaired) electrons.